The van der Waals surface area contributed by atoms with E-state index < -0.39 is 0 Å². The molecule has 0 saturated heterocycles. The molecule has 0 amide bonds. The van der Waals surface area contributed by atoms with Gasteiger partial charge in [-0.2, -0.15) is 0 Å². The maximum atomic E-state index is 4.09. The molecule has 0 fully saturated rings. The predicted octanol–water partition coefficient (Wildman–Crippen LogP) is 11.5. The van der Waals surface area contributed by atoms with Crippen molar-refractivity contribution in [2.75, 3.05) is 5.32 Å². The van der Waals surface area contributed by atoms with Gasteiger partial charge in [-0.3, -0.25) is 0 Å². The Morgan fingerprint density at radius 1 is 0.625 bits per heavy atom. The highest BCUT2D eigenvalue weighted by Gasteiger charge is 2.36. The Kier molecular flexibility index (Phi) is 5.11. The summed E-state index contributed by atoms with van der Waals surface area (Å²) < 4.78 is 2.53. The number of para-hydroxylation sites is 2. The van der Waals surface area contributed by atoms with Gasteiger partial charge in [0.2, 0.25) is 0 Å². The minimum Gasteiger partial charge on any atom is -0.381 e. The van der Waals surface area contributed by atoms with Crippen molar-refractivity contribution < 1.29 is 0 Å². The van der Waals surface area contributed by atoms with E-state index in [0.29, 0.717) is 0 Å². The number of hydrogen-bond acceptors (Lipinski definition) is 1. The van der Waals surface area contributed by atoms with Crippen LogP contribution in [0.4, 0.5) is 5.69 Å². The quantitative estimate of drug-likeness (QED) is 0.205. The Hall–Kier alpha value is -5.60. The van der Waals surface area contributed by atoms with Crippen LogP contribution in [-0.2, 0) is 18.3 Å². The van der Waals surface area contributed by atoms with Gasteiger partial charge in [0, 0.05) is 44.6 Å². The lowest BCUT2D eigenvalue weighted by Crippen LogP contribution is -2.24. The summed E-state index contributed by atoms with van der Waals surface area (Å²) in [4.78, 5) is 0. The van der Waals surface area contributed by atoms with Crippen LogP contribution in [0.25, 0.3) is 71.6 Å². The molecule has 1 aliphatic carbocycles. The van der Waals surface area contributed by atoms with Crippen molar-refractivity contribution in [1.82, 2.24) is 4.57 Å². The summed E-state index contributed by atoms with van der Waals surface area (Å²) >= 11 is 0. The highest BCUT2D eigenvalue weighted by molar-refractivity contribution is 6.17. The van der Waals surface area contributed by atoms with E-state index in [1.807, 2.05) is 0 Å². The third-order valence-electron chi connectivity index (χ3n) is 11.6. The van der Waals surface area contributed by atoms with Gasteiger partial charge < -0.3 is 9.88 Å². The van der Waals surface area contributed by atoms with Crippen molar-refractivity contribution in [3.05, 3.63) is 156 Å². The van der Waals surface area contributed by atoms with Crippen molar-refractivity contribution in [3.8, 4) is 39.1 Å². The minimum atomic E-state index is -0.0418. The lowest BCUT2D eigenvalue weighted by molar-refractivity contribution is 0.657. The van der Waals surface area contributed by atoms with Crippen LogP contribution in [0, 0.1) is 0 Å². The zero-order valence-electron chi connectivity index (χ0n) is 27.1. The standard InChI is InChI=1S/C46H34N2/c1-46(2)38-23-27(20-21-32(38)37-25-28-10-3-4-11-29(28)26-39(37)46)22-31-24-30-12-7-19-42-43(30)44-34(14-9-17-40(44)47-31)36-16-8-15-35-33-13-5-6-18-41(33)48(42)45(35)36/h3-21,23,25-26,31,47H,22,24H2,1-2H3. The zero-order chi connectivity index (χ0) is 31.7. The summed E-state index contributed by atoms with van der Waals surface area (Å²) in [6, 6.07) is 50.7. The summed E-state index contributed by atoms with van der Waals surface area (Å²) in [5.74, 6) is 0. The third-order valence-corrected chi connectivity index (χ3v) is 11.6. The van der Waals surface area contributed by atoms with Crippen LogP contribution in [0.1, 0.15) is 36.1 Å². The van der Waals surface area contributed by atoms with Crippen LogP contribution in [0.2, 0.25) is 0 Å². The second-order valence-corrected chi connectivity index (χ2v) is 14.6. The summed E-state index contributed by atoms with van der Waals surface area (Å²) in [6.07, 6.45) is 1.92. The van der Waals surface area contributed by atoms with Crippen LogP contribution in [-0.4, -0.2) is 10.6 Å². The molecular formula is C46H34N2. The van der Waals surface area contributed by atoms with Crippen molar-refractivity contribution >= 4 is 38.3 Å². The number of nitrogens with zero attached hydrogens (tertiary/aromatic N) is 1. The largest absolute Gasteiger partial charge is 0.381 e. The van der Waals surface area contributed by atoms with E-state index in [4.69, 9.17) is 0 Å². The molecule has 8 aromatic rings. The van der Waals surface area contributed by atoms with Gasteiger partial charge >= 0.3 is 0 Å². The van der Waals surface area contributed by atoms with E-state index in [1.54, 1.807) is 0 Å². The van der Waals surface area contributed by atoms with Crippen LogP contribution in [0.3, 0.4) is 0 Å². The fourth-order valence-corrected chi connectivity index (χ4v) is 9.42. The number of benzene rings is 7. The van der Waals surface area contributed by atoms with Gasteiger partial charge in [0.1, 0.15) is 0 Å². The molecule has 0 saturated carbocycles. The van der Waals surface area contributed by atoms with Crippen LogP contribution < -0.4 is 5.32 Å². The molecule has 1 atom stereocenters. The summed E-state index contributed by atoms with van der Waals surface area (Å²) in [6.45, 7) is 4.79. The highest BCUT2D eigenvalue weighted by atomic mass is 15.0. The topological polar surface area (TPSA) is 17.0 Å². The lowest BCUT2D eigenvalue weighted by atomic mass is 9.81. The molecule has 3 aliphatic rings. The highest BCUT2D eigenvalue weighted by Crippen LogP contribution is 2.52. The number of rotatable bonds is 2. The molecule has 2 heteroatoms. The third kappa shape index (κ3) is 3.42. The Balaban J connectivity index is 1.05. The van der Waals surface area contributed by atoms with Crippen molar-refractivity contribution in [1.29, 1.82) is 0 Å². The molecule has 2 aliphatic heterocycles. The number of anilines is 1. The van der Waals surface area contributed by atoms with Gasteiger partial charge in [-0.15, -0.1) is 0 Å². The van der Waals surface area contributed by atoms with E-state index >= 15 is 0 Å². The van der Waals surface area contributed by atoms with Gasteiger partial charge in [-0.25, -0.2) is 0 Å². The number of fused-ring (bicyclic) bond motifs is 9. The molecule has 1 unspecified atom stereocenters. The first-order valence-electron chi connectivity index (χ1n) is 17.3. The molecule has 1 N–H and O–H groups in total. The molecule has 228 valence electrons. The van der Waals surface area contributed by atoms with Gasteiger partial charge in [-0.05, 0) is 92.9 Å². The molecule has 1 aromatic heterocycles. The first-order chi connectivity index (χ1) is 23.5. The Bertz CT molecular complexity index is 2690. The fourth-order valence-electron chi connectivity index (χ4n) is 9.42. The lowest BCUT2D eigenvalue weighted by Gasteiger charge is -2.24. The Morgan fingerprint density at radius 2 is 1.38 bits per heavy atom. The molecule has 48 heavy (non-hydrogen) atoms. The number of hydrogen-bond donors (Lipinski definition) is 1. The Morgan fingerprint density at radius 3 is 2.29 bits per heavy atom. The van der Waals surface area contributed by atoms with Gasteiger partial charge in [0.25, 0.3) is 0 Å². The van der Waals surface area contributed by atoms with E-state index in [9.17, 15) is 0 Å². The van der Waals surface area contributed by atoms with Gasteiger partial charge in [0.15, 0.2) is 0 Å². The van der Waals surface area contributed by atoms with Gasteiger partial charge in [0.05, 0.1) is 16.7 Å². The first-order valence-corrected chi connectivity index (χ1v) is 17.3. The molecule has 3 heterocycles. The Labute approximate surface area is 280 Å². The fraction of sp³-hybridized carbons (Fsp3) is 0.130. The van der Waals surface area contributed by atoms with Gasteiger partial charge in [-0.1, -0.05) is 117 Å². The van der Waals surface area contributed by atoms with Crippen LogP contribution in [0.5, 0.6) is 0 Å². The number of nitrogens with one attached hydrogen (secondary N) is 1. The maximum Gasteiger partial charge on any atom is 0.0619 e. The van der Waals surface area contributed by atoms with E-state index in [2.05, 4.69) is 157 Å². The number of aromatic nitrogens is 1. The normalized spacial score (nSPS) is 16.2. The zero-order valence-corrected chi connectivity index (χ0v) is 27.1. The van der Waals surface area contributed by atoms with E-state index in [0.717, 1.165) is 12.8 Å². The van der Waals surface area contributed by atoms with E-state index in [-0.39, 0.29) is 11.5 Å². The van der Waals surface area contributed by atoms with E-state index in [1.165, 1.54) is 99.6 Å². The summed E-state index contributed by atoms with van der Waals surface area (Å²) in [7, 11) is 0. The molecule has 7 aromatic carbocycles. The first kappa shape index (κ1) is 26.5. The van der Waals surface area contributed by atoms with Crippen LogP contribution in [0.15, 0.2) is 133 Å². The molecule has 0 radical (unpaired) electrons. The smallest absolute Gasteiger partial charge is 0.0619 e. The summed E-state index contributed by atoms with van der Waals surface area (Å²) in [5, 5.41) is 9.35. The second kappa shape index (κ2) is 9.27. The van der Waals surface area contributed by atoms with Crippen molar-refractivity contribution in [3.63, 3.8) is 0 Å². The van der Waals surface area contributed by atoms with Crippen molar-refractivity contribution in [2.24, 2.45) is 0 Å². The molecular weight excluding hydrogens is 581 g/mol. The molecule has 0 spiro atoms. The SMILES string of the molecule is CC1(C)c2cc(CC3Cc4cccc5c4-c4c(cccc4-c4cccc6c7ccccc7n-5c46)N3)ccc2-c2cc3ccccc3cc21. The predicted molar refractivity (Wildman–Crippen MR) is 202 cm³/mol. The average Bonchev–Trinajstić information content (AvgIpc) is 3.41. The molecule has 11 rings (SSSR count). The van der Waals surface area contributed by atoms with Crippen molar-refractivity contribution in [2.45, 2.75) is 38.1 Å². The molecule has 0 bridgehead atoms. The van der Waals surface area contributed by atoms with Crippen LogP contribution >= 0.6 is 0 Å². The second-order valence-electron chi connectivity index (χ2n) is 14.6. The summed E-state index contributed by atoms with van der Waals surface area (Å²) in [5.41, 5.74) is 18.8. The molecule has 2 nitrogen and oxygen atoms in total. The maximum absolute atomic E-state index is 4.09. The minimum absolute atomic E-state index is 0.0418. The monoisotopic (exact) mass is 614 g/mol. The average molecular weight is 615 g/mol.